The van der Waals surface area contributed by atoms with Crippen LogP contribution in [0.25, 0.3) is 0 Å². The number of allylic oxidation sites excluding steroid dienone is 4. The van der Waals surface area contributed by atoms with Crippen LogP contribution in [-0.4, -0.2) is 58.8 Å². The van der Waals surface area contributed by atoms with Gasteiger partial charge in [-0.15, -0.1) is 0 Å². The average Bonchev–Trinajstić information content (AvgIpc) is 3.22. The highest BCUT2D eigenvalue weighted by Crippen LogP contribution is 2.20. The second kappa shape index (κ2) is 11.4. The number of carbonyl (C=O) groups is 3. The van der Waals surface area contributed by atoms with E-state index in [1.807, 2.05) is 50.8 Å². The van der Waals surface area contributed by atoms with Crippen LogP contribution < -0.4 is 10.6 Å². The summed E-state index contributed by atoms with van der Waals surface area (Å²) in [6, 6.07) is -1.21. The van der Waals surface area contributed by atoms with Crippen LogP contribution in [0.15, 0.2) is 33.9 Å². The monoisotopic (exact) mass is 455 g/mol. The van der Waals surface area contributed by atoms with Crippen LogP contribution in [0.4, 0.5) is 0 Å². The first kappa shape index (κ1) is 24.9. The van der Waals surface area contributed by atoms with Gasteiger partial charge in [0.1, 0.15) is 6.04 Å². The molecule has 0 aromatic carbocycles. The molecule has 3 rings (SSSR count). The van der Waals surface area contributed by atoms with Crippen molar-refractivity contribution in [3.8, 4) is 0 Å². The van der Waals surface area contributed by atoms with Crippen molar-refractivity contribution in [2.45, 2.75) is 90.8 Å². The van der Waals surface area contributed by atoms with Gasteiger partial charge in [0.05, 0.1) is 23.9 Å². The topological polar surface area (TPSA) is 103 Å². The van der Waals surface area contributed by atoms with E-state index in [0.29, 0.717) is 24.7 Å². The molecule has 0 radical (unpaired) electrons. The Kier molecular flexibility index (Phi) is 8.58. The maximum absolute atomic E-state index is 13.2. The van der Waals surface area contributed by atoms with Crippen molar-refractivity contribution < 1.29 is 14.4 Å². The molecule has 0 bridgehead atoms. The SMILES string of the molecule is CC(C)CCC(=O)N[C@@H](CC(=O)N1CCCC[C@@H]1C)C(=O)N[C@@H](C)C1=NC2=CC=CCC2=N1. The molecule has 0 aromatic rings. The molecule has 2 heterocycles. The van der Waals surface area contributed by atoms with Crippen molar-refractivity contribution in [1.82, 2.24) is 15.5 Å². The zero-order valence-electron chi connectivity index (χ0n) is 20.3. The number of fused-ring (bicyclic) bond motifs is 1. The standard InChI is InChI=1S/C25H37N5O3/c1-16(2)12-13-22(31)27-21(15-23(32)30-14-8-7-9-17(30)3)25(33)26-18(4)24-28-19-10-5-6-11-20(19)29-24/h5-6,10,16-18,21H,7-9,11-15H2,1-4H3,(H,26,33)(H,27,31)/t17-,18-,21-/m0/s1. The van der Waals surface area contributed by atoms with Gasteiger partial charge in [0, 0.05) is 25.4 Å². The van der Waals surface area contributed by atoms with E-state index in [2.05, 4.69) is 20.6 Å². The Labute approximate surface area is 196 Å². The van der Waals surface area contributed by atoms with Gasteiger partial charge in [-0.3, -0.25) is 14.4 Å². The van der Waals surface area contributed by atoms with Crippen molar-refractivity contribution in [1.29, 1.82) is 0 Å². The van der Waals surface area contributed by atoms with Gasteiger partial charge in [-0.2, -0.15) is 0 Å². The lowest BCUT2D eigenvalue weighted by Crippen LogP contribution is -2.53. The van der Waals surface area contributed by atoms with Crippen LogP contribution in [-0.2, 0) is 14.4 Å². The number of piperidine rings is 1. The molecule has 1 saturated heterocycles. The van der Waals surface area contributed by atoms with E-state index in [-0.39, 0.29) is 30.2 Å². The average molecular weight is 456 g/mol. The molecule has 180 valence electrons. The highest BCUT2D eigenvalue weighted by Gasteiger charge is 2.31. The van der Waals surface area contributed by atoms with Crippen molar-refractivity contribution >= 4 is 29.3 Å². The van der Waals surface area contributed by atoms with Gasteiger partial charge in [0.15, 0.2) is 5.84 Å². The first-order valence-electron chi connectivity index (χ1n) is 12.2. The Bertz CT molecular complexity index is 886. The van der Waals surface area contributed by atoms with Crippen molar-refractivity contribution in [3.05, 3.63) is 23.9 Å². The Hall–Kier alpha value is -2.77. The molecule has 0 spiro atoms. The number of carbonyl (C=O) groups excluding carboxylic acids is 3. The molecule has 0 unspecified atom stereocenters. The maximum atomic E-state index is 13.2. The lowest BCUT2D eigenvalue weighted by molar-refractivity contribution is -0.138. The Morgan fingerprint density at radius 3 is 2.64 bits per heavy atom. The minimum absolute atomic E-state index is 0.0492. The molecule has 3 atom stereocenters. The van der Waals surface area contributed by atoms with Gasteiger partial charge in [-0.05, 0) is 51.5 Å². The summed E-state index contributed by atoms with van der Waals surface area (Å²) in [6.07, 6.45) is 10.6. The van der Waals surface area contributed by atoms with Crippen LogP contribution in [0.1, 0.15) is 72.6 Å². The summed E-state index contributed by atoms with van der Waals surface area (Å²) in [5.74, 6) is 0.222. The van der Waals surface area contributed by atoms with E-state index in [4.69, 9.17) is 0 Å². The predicted molar refractivity (Wildman–Crippen MR) is 130 cm³/mol. The van der Waals surface area contributed by atoms with Crippen molar-refractivity contribution in [3.63, 3.8) is 0 Å². The number of aliphatic imine (C=N–C) groups is 2. The minimum Gasteiger partial charge on any atom is -0.345 e. The largest absolute Gasteiger partial charge is 0.345 e. The van der Waals surface area contributed by atoms with Crippen molar-refractivity contribution in [2.24, 2.45) is 15.9 Å². The molecule has 2 aliphatic heterocycles. The molecule has 0 aromatic heterocycles. The third-order valence-electron chi connectivity index (χ3n) is 6.33. The zero-order chi connectivity index (χ0) is 24.0. The first-order valence-corrected chi connectivity index (χ1v) is 12.2. The second-order valence-corrected chi connectivity index (χ2v) is 9.63. The summed E-state index contributed by atoms with van der Waals surface area (Å²) in [5, 5.41) is 5.72. The molecule has 8 heteroatoms. The number of rotatable bonds is 9. The minimum atomic E-state index is -0.924. The fourth-order valence-electron chi connectivity index (χ4n) is 4.26. The number of hydrogen-bond donors (Lipinski definition) is 2. The summed E-state index contributed by atoms with van der Waals surface area (Å²) >= 11 is 0. The summed E-state index contributed by atoms with van der Waals surface area (Å²) in [5.41, 5.74) is 1.71. The van der Waals surface area contributed by atoms with Crippen molar-refractivity contribution in [2.75, 3.05) is 6.54 Å². The van der Waals surface area contributed by atoms with E-state index >= 15 is 0 Å². The summed E-state index contributed by atoms with van der Waals surface area (Å²) in [7, 11) is 0. The third kappa shape index (κ3) is 6.85. The fourth-order valence-corrected chi connectivity index (χ4v) is 4.26. The smallest absolute Gasteiger partial charge is 0.243 e. The summed E-state index contributed by atoms with van der Waals surface area (Å²) in [4.78, 5) is 49.6. The lowest BCUT2D eigenvalue weighted by atomic mass is 10.0. The molecule has 3 aliphatic rings. The molecule has 33 heavy (non-hydrogen) atoms. The highest BCUT2D eigenvalue weighted by molar-refractivity contribution is 6.15. The van der Waals surface area contributed by atoms with E-state index in [1.54, 1.807) is 0 Å². The van der Waals surface area contributed by atoms with Gasteiger partial charge in [0.25, 0.3) is 0 Å². The number of amides is 3. The normalized spacial score (nSPS) is 21.5. The van der Waals surface area contributed by atoms with Gasteiger partial charge in [-0.1, -0.05) is 26.0 Å². The van der Waals surface area contributed by atoms with Crippen LogP contribution in [0, 0.1) is 5.92 Å². The molecule has 0 saturated carbocycles. The summed E-state index contributed by atoms with van der Waals surface area (Å²) in [6.45, 7) is 8.65. The molecular weight excluding hydrogens is 418 g/mol. The molecule has 3 amide bonds. The second-order valence-electron chi connectivity index (χ2n) is 9.63. The van der Waals surface area contributed by atoms with Gasteiger partial charge < -0.3 is 15.5 Å². The van der Waals surface area contributed by atoms with Gasteiger partial charge in [0.2, 0.25) is 17.7 Å². The van der Waals surface area contributed by atoms with Gasteiger partial charge in [-0.25, -0.2) is 9.98 Å². The van der Waals surface area contributed by atoms with E-state index in [9.17, 15) is 14.4 Å². The predicted octanol–water partition coefficient (Wildman–Crippen LogP) is 2.90. The van der Waals surface area contributed by atoms with Crippen LogP contribution in [0.5, 0.6) is 0 Å². The Morgan fingerprint density at radius 2 is 1.94 bits per heavy atom. The number of hydrogen-bond acceptors (Lipinski definition) is 5. The van der Waals surface area contributed by atoms with Crippen LogP contribution >= 0.6 is 0 Å². The van der Waals surface area contributed by atoms with E-state index < -0.39 is 12.1 Å². The lowest BCUT2D eigenvalue weighted by Gasteiger charge is -2.34. The third-order valence-corrected chi connectivity index (χ3v) is 6.33. The molecule has 1 fully saturated rings. The molecule has 2 N–H and O–H groups in total. The highest BCUT2D eigenvalue weighted by atomic mass is 16.2. The number of nitrogens with one attached hydrogen (secondary N) is 2. The quantitative estimate of drug-likeness (QED) is 0.559. The van der Waals surface area contributed by atoms with Crippen LogP contribution in [0.2, 0.25) is 0 Å². The Morgan fingerprint density at radius 1 is 1.15 bits per heavy atom. The zero-order valence-corrected chi connectivity index (χ0v) is 20.3. The van der Waals surface area contributed by atoms with E-state index in [0.717, 1.165) is 43.5 Å². The van der Waals surface area contributed by atoms with Gasteiger partial charge >= 0.3 is 0 Å². The fraction of sp³-hybridized carbons (Fsp3) is 0.640. The van der Waals surface area contributed by atoms with Crippen LogP contribution in [0.3, 0.4) is 0 Å². The maximum Gasteiger partial charge on any atom is 0.243 e. The van der Waals surface area contributed by atoms with E-state index in [1.165, 1.54) is 0 Å². The number of likely N-dealkylation sites (tertiary alicyclic amines) is 1. The Balaban J connectivity index is 1.66. The molecule has 8 nitrogen and oxygen atoms in total. The first-order chi connectivity index (χ1) is 15.7. The molecular formula is C25H37N5O3. The molecule has 1 aliphatic carbocycles. The summed E-state index contributed by atoms with van der Waals surface area (Å²) < 4.78 is 0. The number of amidine groups is 1. The number of nitrogens with zero attached hydrogens (tertiary/aromatic N) is 3.